The molecule has 2 rings (SSSR count). The molecule has 3 N–H and O–H groups in total. The second-order valence-corrected chi connectivity index (χ2v) is 4.59. The molecule has 0 aliphatic carbocycles. The summed E-state index contributed by atoms with van der Waals surface area (Å²) in [6, 6.07) is 13.9. The fraction of sp³-hybridized carbons (Fsp3) is 0.267. The van der Waals surface area contributed by atoms with Gasteiger partial charge in [-0.15, -0.1) is 0 Å². The highest BCUT2D eigenvalue weighted by Gasteiger charge is 2.04. The molecule has 0 atom stereocenters. The maximum atomic E-state index is 5.91. The number of hydrogen-bond acceptors (Lipinski definition) is 4. The van der Waals surface area contributed by atoms with Crippen LogP contribution in [0.2, 0.25) is 0 Å². The quantitative estimate of drug-likeness (QED) is 0.864. The van der Waals surface area contributed by atoms with Crippen molar-refractivity contribution in [2.45, 2.75) is 26.5 Å². The van der Waals surface area contributed by atoms with Crippen LogP contribution >= 0.6 is 0 Å². The van der Waals surface area contributed by atoms with Crippen LogP contribution in [-0.2, 0) is 6.54 Å². The van der Waals surface area contributed by atoms with Crippen molar-refractivity contribution in [3.63, 3.8) is 0 Å². The molecule has 1 aromatic heterocycles. The number of nitrogens with two attached hydrogens (primary N) is 1. The third-order valence-electron chi connectivity index (χ3n) is 2.58. The lowest BCUT2D eigenvalue weighted by atomic mass is 10.2. The molecule has 0 amide bonds. The van der Waals surface area contributed by atoms with Crippen molar-refractivity contribution in [3.8, 4) is 5.88 Å². The second kappa shape index (κ2) is 6.09. The molecular formula is C15H19N3O. The molecule has 0 saturated heterocycles. The van der Waals surface area contributed by atoms with E-state index in [4.69, 9.17) is 10.5 Å². The number of ether oxygens (including phenoxy) is 1. The molecule has 0 radical (unpaired) electrons. The van der Waals surface area contributed by atoms with E-state index < -0.39 is 0 Å². The second-order valence-electron chi connectivity index (χ2n) is 4.59. The first-order valence-corrected chi connectivity index (χ1v) is 6.36. The van der Waals surface area contributed by atoms with E-state index in [0.717, 1.165) is 12.2 Å². The SMILES string of the molecule is CC(C)Oc1ccc(NCc2ccccc2)c(N)n1. The number of benzene rings is 1. The molecular weight excluding hydrogens is 238 g/mol. The molecule has 0 saturated carbocycles. The Balaban J connectivity index is 2.01. The number of nitrogens with one attached hydrogen (secondary N) is 1. The van der Waals surface area contributed by atoms with E-state index in [2.05, 4.69) is 22.4 Å². The molecule has 4 heteroatoms. The van der Waals surface area contributed by atoms with Crippen LogP contribution < -0.4 is 15.8 Å². The van der Waals surface area contributed by atoms with E-state index in [-0.39, 0.29) is 6.10 Å². The molecule has 0 fully saturated rings. The highest BCUT2D eigenvalue weighted by atomic mass is 16.5. The van der Waals surface area contributed by atoms with Crippen LogP contribution in [0.1, 0.15) is 19.4 Å². The first kappa shape index (κ1) is 13.2. The van der Waals surface area contributed by atoms with Gasteiger partial charge in [-0.1, -0.05) is 30.3 Å². The summed E-state index contributed by atoms with van der Waals surface area (Å²) in [7, 11) is 0. The van der Waals surface area contributed by atoms with Crippen molar-refractivity contribution >= 4 is 11.5 Å². The Bertz CT molecular complexity index is 526. The topological polar surface area (TPSA) is 60.2 Å². The van der Waals surface area contributed by atoms with Crippen molar-refractivity contribution in [2.24, 2.45) is 0 Å². The zero-order chi connectivity index (χ0) is 13.7. The van der Waals surface area contributed by atoms with Crippen molar-refractivity contribution in [1.29, 1.82) is 0 Å². The van der Waals surface area contributed by atoms with E-state index in [1.54, 1.807) is 0 Å². The molecule has 1 heterocycles. The Morgan fingerprint density at radius 2 is 1.89 bits per heavy atom. The smallest absolute Gasteiger partial charge is 0.215 e. The van der Waals surface area contributed by atoms with Gasteiger partial charge in [0.05, 0.1) is 11.8 Å². The summed E-state index contributed by atoms with van der Waals surface area (Å²) in [5.74, 6) is 1.01. The summed E-state index contributed by atoms with van der Waals surface area (Å²) < 4.78 is 5.49. The van der Waals surface area contributed by atoms with Gasteiger partial charge in [-0.25, -0.2) is 0 Å². The largest absolute Gasteiger partial charge is 0.475 e. The van der Waals surface area contributed by atoms with Gasteiger partial charge < -0.3 is 15.8 Å². The van der Waals surface area contributed by atoms with Crippen LogP contribution in [0.3, 0.4) is 0 Å². The summed E-state index contributed by atoms with van der Waals surface area (Å²) in [5.41, 5.74) is 7.93. The molecule has 0 unspecified atom stereocenters. The van der Waals surface area contributed by atoms with E-state index in [0.29, 0.717) is 11.7 Å². The van der Waals surface area contributed by atoms with Gasteiger partial charge in [0.2, 0.25) is 5.88 Å². The summed E-state index contributed by atoms with van der Waals surface area (Å²) >= 11 is 0. The minimum atomic E-state index is 0.0926. The number of hydrogen-bond donors (Lipinski definition) is 2. The van der Waals surface area contributed by atoms with Crippen LogP contribution in [0.4, 0.5) is 11.5 Å². The predicted molar refractivity (Wildman–Crippen MR) is 78.2 cm³/mol. The summed E-state index contributed by atoms with van der Waals surface area (Å²) in [6.45, 7) is 4.63. The van der Waals surface area contributed by atoms with Crippen molar-refractivity contribution in [2.75, 3.05) is 11.1 Å². The molecule has 100 valence electrons. The van der Waals surface area contributed by atoms with Gasteiger partial charge in [0.1, 0.15) is 0 Å². The maximum Gasteiger partial charge on any atom is 0.215 e. The average Bonchev–Trinajstić information content (AvgIpc) is 2.38. The van der Waals surface area contributed by atoms with Gasteiger partial charge >= 0.3 is 0 Å². The van der Waals surface area contributed by atoms with Crippen molar-refractivity contribution in [3.05, 3.63) is 48.0 Å². The molecule has 0 bridgehead atoms. The standard InChI is InChI=1S/C15H19N3O/c1-11(2)19-14-9-8-13(15(16)18-14)17-10-12-6-4-3-5-7-12/h3-9,11,17H,10H2,1-2H3,(H2,16,18). The van der Waals surface area contributed by atoms with Gasteiger partial charge in [0.15, 0.2) is 5.82 Å². The van der Waals surface area contributed by atoms with Gasteiger partial charge in [-0.05, 0) is 25.5 Å². The number of aromatic nitrogens is 1. The molecule has 2 aromatic rings. The summed E-state index contributed by atoms with van der Waals surface area (Å²) in [5, 5.41) is 3.27. The Morgan fingerprint density at radius 3 is 2.53 bits per heavy atom. The highest BCUT2D eigenvalue weighted by molar-refractivity contribution is 5.62. The number of anilines is 2. The lowest BCUT2D eigenvalue weighted by Crippen LogP contribution is -2.09. The van der Waals surface area contributed by atoms with E-state index in [1.165, 1.54) is 5.56 Å². The number of pyridine rings is 1. The first-order chi connectivity index (χ1) is 9.15. The van der Waals surface area contributed by atoms with E-state index in [9.17, 15) is 0 Å². The lowest BCUT2D eigenvalue weighted by molar-refractivity contribution is 0.233. The minimum absolute atomic E-state index is 0.0926. The Morgan fingerprint density at radius 1 is 1.16 bits per heavy atom. The van der Waals surface area contributed by atoms with Gasteiger partial charge in [0, 0.05) is 12.6 Å². The molecule has 19 heavy (non-hydrogen) atoms. The monoisotopic (exact) mass is 257 g/mol. The average molecular weight is 257 g/mol. The Hall–Kier alpha value is -2.23. The molecule has 0 aliphatic heterocycles. The summed E-state index contributed by atoms with van der Waals surface area (Å²) in [6.07, 6.45) is 0.0926. The minimum Gasteiger partial charge on any atom is -0.475 e. The van der Waals surface area contributed by atoms with Crippen molar-refractivity contribution < 1.29 is 4.74 Å². The zero-order valence-corrected chi connectivity index (χ0v) is 11.3. The highest BCUT2D eigenvalue weighted by Crippen LogP contribution is 2.21. The van der Waals surface area contributed by atoms with E-state index in [1.807, 2.05) is 44.2 Å². The third-order valence-corrected chi connectivity index (χ3v) is 2.58. The van der Waals surface area contributed by atoms with E-state index >= 15 is 0 Å². The molecule has 0 aliphatic rings. The Labute approximate surface area is 113 Å². The molecule has 0 spiro atoms. The van der Waals surface area contributed by atoms with Crippen LogP contribution in [0.25, 0.3) is 0 Å². The Kier molecular flexibility index (Phi) is 4.23. The van der Waals surface area contributed by atoms with Crippen LogP contribution in [0, 0.1) is 0 Å². The van der Waals surface area contributed by atoms with Gasteiger partial charge in [-0.3, -0.25) is 0 Å². The normalized spacial score (nSPS) is 10.5. The number of nitrogen functional groups attached to an aromatic ring is 1. The predicted octanol–water partition coefficient (Wildman–Crippen LogP) is 3.06. The van der Waals surface area contributed by atoms with Gasteiger partial charge in [0.25, 0.3) is 0 Å². The first-order valence-electron chi connectivity index (χ1n) is 6.36. The van der Waals surface area contributed by atoms with Crippen LogP contribution in [0.5, 0.6) is 5.88 Å². The van der Waals surface area contributed by atoms with Crippen LogP contribution in [-0.4, -0.2) is 11.1 Å². The maximum absolute atomic E-state index is 5.91. The number of nitrogens with zero attached hydrogens (tertiary/aromatic N) is 1. The number of rotatable bonds is 5. The zero-order valence-electron chi connectivity index (χ0n) is 11.3. The molecule has 4 nitrogen and oxygen atoms in total. The molecule has 1 aromatic carbocycles. The van der Waals surface area contributed by atoms with Gasteiger partial charge in [-0.2, -0.15) is 4.98 Å². The van der Waals surface area contributed by atoms with Crippen LogP contribution in [0.15, 0.2) is 42.5 Å². The van der Waals surface area contributed by atoms with Crippen molar-refractivity contribution in [1.82, 2.24) is 4.98 Å². The summed E-state index contributed by atoms with van der Waals surface area (Å²) in [4.78, 5) is 4.22. The lowest BCUT2D eigenvalue weighted by Gasteiger charge is -2.12. The third kappa shape index (κ3) is 3.88. The fourth-order valence-corrected chi connectivity index (χ4v) is 1.71. The fourth-order valence-electron chi connectivity index (χ4n) is 1.71.